The van der Waals surface area contributed by atoms with Crippen LogP contribution in [0.1, 0.15) is 43.9 Å². The molecule has 0 saturated carbocycles. The van der Waals surface area contributed by atoms with E-state index in [0.717, 1.165) is 23.1 Å². The van der Waals surface area contributed by atoms with Crippen molar-refractivity contribution in [2.45, 2.75) is 52.2 Å². The number of methoxy groups -OCH3 is 1. The van der Waals surface area contributed by atoms with Gasteiger partial charge in [0.05, 0.1) is 0 Å². The fourth-order valence-corrected chi connectivity index (χ4v) is 1.98. The van der Waals surface area contributed by atoms with Gasteiger partial charge in [-0.15, -0.1) is 0 Å². The predicted octanol–water partition coefficient (Wildman–Crippen LogP) is 2.90. The minimum absolute atomic E-state index is 0.0925. The minimum atomic E-state index is -0.725. The van der Waals surface area contributed by atoms with Crippen molar-refractivity contribution in [1.29, 1.82) is 0 Å². The van der Waals surface area contributed by atoms with Gasteiger partial charge in [0.15, 0.2) is 6.29 Å². The number of ether oxygens (including phenoxy) is 1. The normalized spacial score (nSPS) is 13.7. The second-order valence-electron chi connectivity index (χ2n) is 5.79. The van der Waals surface area contributed by atoms with E-state index in [1.807, 2.05) is 19.1 Å². The Hall–Kier alpha value is -1.06. The maximum Gasteiger partial charge on any atom is 0.154 e. The second kappa shape index (κ2) is 5.72. The van der Waals surface area contributed by atoms with Crippen LogP contribution in [0.3, 0.4) is 0 Å². The number of benzene rings is 1. The lowest BCUT2D eigenvalue weighted by Crippen LogP contribution is -2.13. The molecule has 0 aromatic heterocycles. The van der Waals surface area contributed by atoms with Gasteiger partial charge in [0.1, 0.15) is 5.75 Å². The number of aryl methyl sites for hydroxylation is 2. The third-order valence-electron chi connectivity index (χ3n) is 3.12. The Morgan fingerprint density at radius 2 is 1.89 bits per heavy atom. The minimum Gasteiger partial charge on any atom is -0.507 e. The van der Waals surface area contributed by atoms with Gasteiger partial charge < -0.3 is 14.9 Å². The van der Waals surface area contributed by atoms with Crippen molar-refractivity contribution >= 4 is 0 Å². The molecule has 102 valence electrons. The Labute approximate surface area is 109 Å². The first-order valence-electron chi connectivity index (χ1n) is 6.29. The number of rotatable bonds is 4. The highest BCUT2D eigenvalue weighted by molar-refractivity contribution is 5.46. The monoisotopic (exact) mass is 252 g/mol. The van der Waals surface area contributed by atoms with E-state index >= 15 is 0 Å². The van der Waals surface area contributed by atoms with E-state index in [4.69, 9.17) is 4.74 Å². The quantitative estimate of drug-likeness (QED) is 0.810. The summed E-state index contributed by atoms with van der Waals surface area (Å²) in [6, 6.07) is 3.98. The fourth-order valence-electron chi connectivity index (χ4n) is 1.98. The summed E-state index contributed by atoms with van der Waals surface area (Å²) in [6.07, 6.45) is 0.570. The van der Waals surface area contributed by atoms with E-state index in [2.05, 4.69) is 20.8 Å². The van der Waals surface area contributed by atoms with Crippen molar-refractivity contribution in [3.8, 4) is 5.75 Å². The summed E-state index contributed by atoms with van der Waals surface area (Å²) in [4.78, 5) is 0. The second-order valence-corrected chi connectivity index (χ2v) is 5.79. The molecule has 3 nitrogen and oxygen atoms in total. The average Bonchev–Trinajstić information content (AvgIpc) is 2.28. The smallest absolute Gasteiger partial charge is 0.154 e. The van der Waals surface area contributed by atoms with E-state index in [0.29, 0.717) is 12.2 Å². The van der Waals surface area contributed by atoms with Crippen molar-refractivity contribution in [3.05, 3.63) is 28.8 Å². The highest BCUT2D eigenvalue weighted by Gasteiger charge is 2.20. The Balaban J connectivity index is 2.98. The van der Waals surface area contributed by atoms with Gasteiger partial charge in [0, 0.05) is 13.5 Å². The van der Waals surface area contributed by atoms with Crippen LogP contribution < -0.4 is 0 Å². The van der Waals surface area contributed by atoms with Crippen molar-refractivity contribution in [3.63, 3.8) is 0 Å². The van der Waals surface area contributed by atoms with Crippen molar-refractivity contribution < 1.29 is 14.9 Å². The third-order valence-corrected chi connectivity index (χ3v) is 3.12. The molecule has 0 spiro atoms. The van der Waals surface area contributed by atoms with Gasteiger partial charge in [-0.3, -0.25) is 0 Å². The van der Waals surface area contributed by atoms with Crippen LogP contribution in [-0.2, 0) is 16.6 Å². The van der Waals surface area contributed by atoms with E-state index in [-0.39, 0.29) is 5.41 Å². The molecule has 1 rings (SSSR count). The Morgan fingerprint density at radius 1 is 1.28 bits per heavy atom. The molecule has 1 aromatic carbocycles. The number of hydrogen-bond donors (Lipinski definition) is 2. The summed E-state index contributed by atoms with van der Waals surface area (Å²) >= 11 is 0. The van der Waals surface area contributed by atoms with Crippen LogP contribution >= 0.6 is 0 Å². The van der Waals surface area contributed by atoms with Crippen molar-refractivity contribution in [1.82, 2.24) is 0 Å². The molecule has 0 aliphatic heterocycles. The molecule has 0 radical (unpaired) electrons. The summed E-state index contributed by atoms with van der Waals surface area (Å²) in [7, 11) is 1.49. The van der Waals surface area contributed by atoms with Crippen molar-refractivity contribution in [2.24, 2.45) is 0 Å². The fraction of sp³-hybridized carbons (Fsp3) is 0.600. The molecule has 3 heteroatoms. The van der Waals surface area contributed by atoms with Gasteiger partial charge in [0.2, 0.25) is 0 Å². The largest absolute Gasteiger partial charge is 0.507 e. The molecule has 0 fully saturated rings. The van der Waals surface area contributed by atoms with Gasteiger partial charge in [-0.1, -0.05) is 32.9 Å². The highest BCUT2D eigenvalue weighted by atomic mass is 16.6. The lowest BCUT2D eigenvalue weighted by Gasteiger charge is -2.23. The molecule has 0 saturated heterocycles. The Kier molecular flexibility index (Phi) is 4.77. The summed E-state index contributed by atoms with van der Waals surface area (Å²) in [5.41, 5.74) is 2.85. The average molecular weight is 252 g/mol. The molecule has 1 unspecified atom stereocenters. The molecule has 0 heterocycles. The van der Waals surface area contributed by atoms with Crippen LogP contribution in [0.5, 0.6) is 5.75 Å². The number of phenols is 1. The van der Waals surface area contributed by atoms with Crippen molar-refractivity contribution in [2.75, 3.05) is 7.11 Å². The number of aromatic hydroxyl groups is 1. The lowest BCUT2D eigenvalue weighted by molar-refractivity contribution is -0.0777. The van der Waals surface area contributed by atoms with Gasteiger partial charge in [-0.2, -0.15) is 0 Å². The van der Waals surface area contributed by atoms with Crippen LogP contribution in [0.4, 0.5) is 0 Å². The maximum atomic E-state index is 10.1. The first-order valence-corrected chi connectivity index (χ1v) is 6.29. The van der Waals surface area contributed by atoms with Crippen LogP contribution in [0, 0.1) is 6.92 Å². The molecule has 0 aliphatic carbocycles. The number of phenolic OH excluding ortho intramolecular Hbond substituents is 1. The van der Waals surface area contributed by atoms with Gasteiger partial charge in [0.25, 0.3) is 0 Å². The molecule has 1 aromatic rings. The Bertz CT molecular complexity index is 405. The number of aliphatic hydroxyl groups excluding tert-OH is 1. The van der Waals surface area contributed by atoms with E-state index in [9.17, 15) is 10.2 Å². The molecule has 0 aliphatic rings. The van der Waals surface area contributed by atoms with Gasteiger partial charge in [-0.05, 0) is 35.4 Å². The molecule has 1 atom stereocenters. The molecule has 0 amide bonds. The predicted molar refractivity (Wildman–Crippen MR) is 72.9 cm³/mol. The highest BCUT2D eigenvalue weighted by Crippen LogP contribution is 2.34. The SMILES string of the molecule is COC(O)CCc1cc(C)c(O)c(C(C)(C)C)c1. The summed E-state index contributed by atoms with van der Waals surface area (Å²) in [6.45, 7) is 8.14. The van der Waals surface area contributed by atoms with E-state index < -0.39 is 6.29 Å². The number of aliphatic hydroxyl groups is 1. The topological polar surface area (TPSA) is 49.7 Å². The summed E-state index contributed by atoms with van der Waals surface area (Å²) < 4.78 is 4.83. The number of hydrogen-bond acceptors (Lipinski definition) is 3. The molecular weight excluding hydrogens is 228 g/mol. The zero-order valence-corrected chi connectivity index (χ0v) is 11.9. The molecular formula is C15H24O3. The van der Waals surface area contributed by atoms with Crippen LogP contribution in [0.25, 0.3) is 0 Å². The zero-order chi connectivity index (χ0) is 13.9. The third kappa shape index (κ3) is 3.72. The first kappa shape index (κ1) is 15.0. The molecule has 2 N–H and O–H groups in total. The first-order chi connectivity index (χ1) is 8.25. The summed E-state index contributed by atoms with van der Waals surface area (Å²) in [5, 5.41) is 19.5. The zero-order valence-electron chi connectivity index (χ0n) is 11.9. The van der Waals surface area contributed by atoms with Gasteiger partial charge in [-0.25, -0.2) is 0 Å². The van der Waals surface area contributed by atoms with Gasteiger partial charge >= 0.3 is 0 Å². The van der Waals surface area contributed by atoms with Crippen LogP contribution in [0.2, 0.25) is 0 Å². The van der Waals surface area contributed by atoms with Crippen LogP contribution in [-0.4, -0.2) is 23.6 Å². The maximum absolute atomic E-state index is 10.1. The van der Waals surface area contributed by atoms with Crippen LogP contribution in [0.15, 0.2) is 12.1 Å². The van der Waals surface area contributed by atoms with E-state index in [1.165, 1.54) is 7.11 Å². The standard InChI is InChI=1S/C15H24O3/c1-10-8-11(6-7-13(16)18-5)9-12(14(10)17)15(2,3)4/h8-9,13,16-17H,6-7H2,1-5H3. The Morgan fingerprint density at radius 3 is 2.39 bits per heavy atom. The molecule has 0 bridgehead atoms. The lowest BCUT2D eigenvalue weighted by atomic mass is 9.83. The summed E-state index contributed by atoms with van der Waals surface area (Å²) in [5.74, 6) is 0.374. The molecule has 18 heavy (non-hydrogen) atoms. The van der Waals surface area contributed by atoms with E-state index in [1.54, 1.807) is 0 Å².